The molecule has 1 heterocycles. The molecule has 0 bridgehead atoms. The van der Waals surface area contributed by atoms with Crippen LogP contribution >= 0.6 is 0 Å². The van der Waals surface area contributed by atoms with E-state index >= 15 is 0 Å². The number of nitrogens with zero attached hydrogens (tertiary/aromatic N) is 1. The van der Waals surface area contributed by atoms with E-state index in [0.29, 0.717) is 5.56 Å². The predicted molar refractivity (Wildman–Crippen MR) is 78.6 cm³/mol. The number of carbonyl (C=O) groups excluding carboxylic acids is 2. The van der Waals surface area contributed by atoms with Crippen LogP contribution in [0.5, 0.6) is 0 Å². The molecule has 1 atom stereocenters. The summed E-state index contributed by atoms with van der Waals surface area (Å²) in [5, 5.41) is 9.79. The van der Waals surface area contributed by atoms with Crippen molar-refractivity contribution in [2.75, 3.05) is 6.61 Å². The van der Waals surface area contributed by atoms with Gasteiger partial charge in [-0.25, -0.2) is 4.89 Å². The van der Waals surface area contributed by atoms with E-state index in [1.165, 1.54) is 0 Å². The molecule has 0 saturated carbocycles. The Morgan fingerprint density at radius 1 is 1.14 bits per heavy atom. The van der Waals surface area contributed by atoms with E-state index in [2.05, 4.69) is 25.7 Å². The van der Waals surface area contributed by atoms with Gasteiger partial charge in [0, 0.05) is 12.8 Å². The van der Waals surface area contributed by atoms with Crippen molar-refractivity contribution in [3.05, 3.63) is 35.4 Å². The molecule has 1 saturated heterocycles. The minimum Gasteiger partial charge on any atom is -0.272 e. The number of benzene rings is 1. The van der Waals surface area contributed by atoms with Crippen molar-refractivity contribution in [1.29, 1.82) is 0 Å². The lowest BCUT2D eigenvalue weighted by atomic mass is 9.86. The predicted octanol–water partition coefficient (Wildman–Crippen LogP) is 2.60. The van der Waals surface area contributed by atoms with Crippen molar-refractivity contribution in [1.82, 2.24) is 5.06 Å². The lowest BCUT2D eigenvalue weighted by molar-refractivity contribution is -0.301. The molecule has 22 heavy (non-hydrogen) atoms. The highest BCUT2D eigenvalue weighted by atomic mass is 17.1. The van der Waals surface area contributed by atoms with E-state index < -0.39 is 6.10 Å². The Kier molecular flexibility index (Phi) is 4.95. The Hall–Kier alpha value is -1.76. The summed E-state index contributed by atoms with van der Waals surface area (Å²) in [6, 6.07) is 7.57. The van der Waals surface area contributed by atoms with Crippen molar-refractivity contribution >= 4 is 11.8 Å². The fourth-order valence-electron chi connectivity index (χ4n) is 2.23. The topological polar surface area (TPSA) is 76.1 Å². The number of imide groups is 1. The van der Waals surface area contributed by atoms with E-state index in [1.807, 2.05) is 24.3 Å². The highest BCUT2D eigenvalue weighted by Gasteiger charge is 2.31. The van der Waals surface area contributed by atoms with Gasteiger partial charge in [0.2, 0.25) is 0 Å². The van der Waals surface area contributed by atoms with Gasteiger partial charge in [-0.3, -0.25) is 19.7 Å². The van der Waals surface area contributed by atoms with Crippen molar-refractivity contribution in [2.45, 2.75) is 45.1 Å². The molecule has 1 aromatic rings. The SMILES string of the molecule is CC(C)(C)c1ccc(C(CON2C(=O)CCC2=O)OO)cc1. The summed E-state index contributed by atoms with van der Waals surface area (Å²) < 4.78 is 0. The van der Waals surface area contributed by atoms with Crippen LogP contribution in [0, 0.1) is 0 Å². The maximum atomic E-state index is 11.5. The second kappa shape index (κ2) is 6.56. The number of amides is 2. The minimum atomic E-state index is -0.768. The lowest BCUT2D eigenvalue weighted by Crippen LogP contribution is -2.31. The number of hydrogen-bond acceptors (Lipinski definition) is 5. The zero-order valence-electron chi connectivity index (χ0n) is 13.0. The van der Waals surface area contributed by atoms with Crippen LogP contribution in [0.4, 0.5) is 0 Å². The molecule has 1 fully saturated rings. The fraction of sp³-hybridized carbons (Fsp3) is 0.500. The van der Waals surface area contributed by atoms with Crippen molar-refractivity contribution in [3.63, 3.8) is 0 Å². The molecule has 1 aliphatic rings. The van der Waals surface area contributed by atoms with Gasteiger partial charge >= 0.3 is 0 Å². The Labute approximate surface area is 129 Å². The first-order chi connectivity index (χ1) is 10.3. The molecule has 6 heteroatoms. The third-order valence-electron chi connectivity index (χ3n) is 3.64. The molecule has 0 spiro atoms. The minimum absolute atomic E-state index is 0.0268. The van der Waals surface area contributed by atoms with Gasteiger partial charge in [-0.05, 0) is 16.5 Å². The molecule has 1 aliphatic heterocycles. The Morgan fingerprint density at radius 2 is 1.68 bits per heavy atom. The van der Waals surface area contributed by atoms with Gasteiger partial charge in [0.15, 0.2) is 0 Å². The van der Waals surface area contributed by atoms with Crippen LogP contribution in [0.15, 0.2) is 24.3 Å². The fourth-order valence-corrected chi connectivity index (χ4v) is 2.23. The number of carbonyl (C=O) groups is 2. The van der Waals surface area contributed by atoms with Gasteiger partial charge in [-0.1, -0.05) is 45.0 Å². The summed E-state index contributed by atoms with van der Waals surface area (Å²) in [5.41, 5.74) is 1.88. The van der Waals surface area contributed by atoms with Gasteiger partial charge in [-0.15, -0.1) is 0 Å². The van der Waals surface area contributed by atoms with Crippen LogP contribution in [0.2, 0.25) is 0 Å². The normalized spacial score (nSPS) is 17.2. The van der Waals surface area contributed by atoms with Gasteiger partial charge in [-0.2, -0.15) is 5.06 Å². The quantitative estimate of drug-likeness (QED) is 0.514. The summed E-state index contributed by atoms with van der Waals surface area (Å²) in [5.74, 6) is -0.741. The largest absolute Gasteiger partial charge is 0.272 e. The molecule has 0 radical (unpaired) electrons. The van der Waals surface area contributed by atoms with Crippen molar-refractivity contribution < 1.29 is 24.6 Å². The van der Waals surface area contributed by atoms with Gasteiger partial charge in [0.1, 0.15) is 12.7 Å². The molecule has 0 aliphatic carbocycles. The number of hydrogen-bond donors (Lipinski definition) is 1. The van der Waals surface area contributed by atoms with Gasteiger partial charge in [0.25, 0.3) is 11.8 Å². The zero-order valence-corrected chi connectivity index (χ0v) is 13.0. The van der Waals surface area contributed by atoms with E-state index in [9.17, 15) is 9.59 Å². The van der Waals surface area contributed by atoms with Crippen LogP contribution in [0.1, 0.15) is 50.8 Å². The van der Waals surface area contributed by atoms with Crippen molar-refractivity contribution in [3.8, 4) is 0 Å². The van der Waals surface area contributed by atoms with E-state index in [1.54, 1.807) is 0 Å². The van der Waals surface area contributed by atoms with E-state index in [0.717, 1.165) is 10.6 Å². The van der Waals surface area contributed by atoms with E-state index in [4.69, 9.17) is 10.1 Å². The molecule has 1 unspecified atom stereocenters. The Balaban J connectivity index is 2.02. The molecule has 120 valence electrons. The van der Waals surface area contributed by atoms with Crippen molar-refractivity contribution in [2.24, 2.45) is 0 Å². The average molecular weight is 307 g/mol. The maximum Gasteiger partial charge on any atom is 0.253 e. The van der Waals surface area contributed by atoms with Gasteiger partial charge < -0.3 is 0 Å². The molecular formula is C16H21NO5. The average Bonchev–Trinajstić information content (AvgIpc) is 2.79. The smallest absolute Gasteiger partial charge is 0.253 e. The first kappa shape index (κ1) is 16.6. The summed E-state index contributed by atoms with van der Waals surface area (Å²) >= 11 is 0. The summed E-state index contributed by atoms with van der Waals surface area (Å²) in [7, 11) is 0. The molecule has 0 aromatic heterocycles. The maximum absolute atomic E-state index is 11.5. The standard InChI is InChI=1S/C16H21NO5/c1-16(2,3)12-6-4-11(5-7-12)13(22-20)10-21-17-14(18)8-9-15(17)19/h4-7,13,20H,8-10H2,1-3H3. The number of hydroxylamine groups is 2. The second-order valence-electron chi connectivity index (χ2n) is 6.34. The Morgan fingerprint density at radius 3 is 2.14 bits per heavy atom. The summed E-state index contributed by atoms with van der Waals surface area (Å²) in [4.78, 5) is 32.5. The molecule has 2 amide bonds. The van der Waals surface area contributed by atoms with Crippen LogP contribution < -0.4 is 0 Å². The molecule has 6 nitrogen and oxygen atoms in total. The third kappa shape index (κ3) is 3.71. The lowest BCUT2D eigenvalue weighted by Gasteiger charge is -2.21. The molecular weight excluding hydrogens is 286 g/mol. The highest BCUT2D eigenvalue weighted by molar-refractivity contribution is 6.00. The molecule has 1 aromatic carbocycles. The molecule has 1 N–H and O–H groups in total. The summed E-state index contributed by atoms with van der Waals surface area (Å²) in [6.07, 6.45) is -0.455. The first-order valence-corrected chi connectivity index (χ1v) is 7.22. The molecule has 2 rings (SSSR count). The third-order valence-corrected chi connectivity index (χ3v) is 3.64. The van der Waals surface area contributed by atoms with Crippen LogP contribution in [-0.4, -0.2) is 28.7 Å². The Bertz CT molecular complexity index is 531. The van der Waals surface area contributed by atoms with Crippen LogP contribution in [0.3, 0.4) is 0 Å². The van der Waals surface area contributed by atoms with Gasteiger partial charge in [0.05, 0.1) is 0 Å². The monoisotopic (exact) mass is 307 g/mol. The highest BCUT2D eigenvalue weighted by Crippen LogP contribution is 2.25. The van der Waals surface area contributed by atoms with E-state index in [-0.39, 0.29) is 36.7 Å². The van der Waals surface area contributed by atoms with Crippen LogP contribution in [-0.2, 0) is 24.7 Å². The number of rotatable bonds is 5. The van der Waals surface area contributed by atoms with Crippen LogP contribution in [0.25, 0.3) is 0 Å². The summed E-state index contributed by atoms with van der Waals surface area (Å²) in [6.45, 7) is 6.20. The zero-order chi connectivity index (χ0) is 16.3. The second-order valence-corrected chi connectivity index (χ2v) is 6.34. The first-order valence-electron chi connectivity index (χ1n) is 7.22.